The van der Waals surface area contributed by atoms with Gasteiger partial charge in [-0.05, 0) is 30.9 Å². The van der Waals surface area contributed by atoms with Crippen LogP contribution in [0.25, 0.3) is 0 Å². The van der Waals surface area contributed by atoms with E-state index in [4.69, 9.17) is 5.73 Å². The molecule has 0 saturated heterocycles. The second-order valence-corrected chi connectivity index (χ2v) is 5.55. The fourth-order valence-electron chi connectivity index (χ4n) is 1.36. The maximum Gasteiger partial charge on any atom is 0.176 e. The molecular formula is C11H15NOS3. The van der Waals surface area contributed by atoms with Gasteiger partial charge in [-0.15, -0.1) is 35.3 Å². The quantitative estimate of drug-likeness (QED) is 0.660. The highest BCUT2D eigenvalue weighted by Gasteiger charge is 2.12. The first-order chi connectivity index (χ1) is 7.67. The van der Waals surface area contributed by atoms with Crippen molar-refractivity contribution in [3.63, 3.8) is 0 Å². The molecule has 0 aliphatic rings. The highest BCUT2D eigenvalue weighted by molar-refractivity contribution is 8.03. The molecule has 0 radical (unpaired) electrons. The molecule has 2 N–H and O–H groups in total. The monoisotopic (exact) mass is 273 g/mol. The van der Waals surface area contributed by atoms with Gasteiger partial charge in [-0.1, -0.05) is 0 Å². The molecule has 1 aromatic rings. The van der Waals surface area contributed by atoms with Crippen LogP contribution in [0.2, 0.25) is 0 Å². The van der Waals surface area contributed by atoms with Crippen molar-refractivity contribution in [1.29, 1.82) is 0 Å². The first-order valence-corrected chi connectivity index (χ1v) is 8.38. The molecule has 1 aromatic carbocycles. The van der Waals surface area contributed by atoms with Crippen LogP contribution in [0.3, 0.4) is 0 Å². The van der Waals surface area contributed by atoms with Crippen molar-refractivity contribution in [2.45, 2.75) is 14.7 Å². The number of hydrogen-bond donors (Lipinski definition) is 1. The molecular weight excluding hydrogens is 258 g/mol. The van der Waals surface area contributed by atoms with Crippen molar-refractivity contribution in [2.24, 2.45) is 5.73 Å². The summed E-state index contributed by atoms with van der Waals surface area (Å²) in [4.78, 5) is 15.1. The third-order valence-electron chi connectivity index (χ3n) is 2.17. The maximum absolute atomic E-state index is 11.6. The lowest BCUT2D eigenvalue weighted by Gasteiger charge is -2.12. The summed E-state index contributed by atoms with van der Waals surface area (Å²) in [6.45, 7) is 0.0697. The molecule has 0 amide bonds. The minimum Gasteiger partial charge on any atom is -0.324 e. The van der Waals surface area contributed by atoms with E-state index in [1.807, 2.05) is 24.6 Å². The first kappa shape index (κ1) is 14.0. The lowest BCUT2D eigenvalue weighted by molar-refractivity contribution is 0.100. The number of carbonyl (C=O) groups is 1. The van der Waals surface area contributed by atoms with Gasteiger partial charge in [0.15, 0.2) is 5.78 Å². The molecule has 88 valence electrons. The Bertz CT molecular complexity index is 368. The zero-order valence-electron chi connectivity index (χ0n) is 9.57. The average Bonchev–Trinajstić information content (AvgIpc) is 2.35. The Morgan fingerprint density at radius 2 is 1.62 bits per heavy atom. The summed E-state index contributed by atoms with van der Waals surface area (Å²) >= 11 is 5.04. The van der Waals surface area contributed by atoms with Crippen LogP contribution in [-0.4, -0.2) is 31.1 Å². The summed E-state index contributed by atoms with van der Waals surface area (Å²) in [5, 5.41) is 0. The molecule has 0 aliphatic heterocycles. The van der Waals surface area contributed by atoms with Crippen molar-refractivity contribution in [2.75, 3.05) is 25.3 Å². The minimum atomic E-state index is -0.00162. The van der Waals surface area contributed by atoms with E-state index in [0.717, 1.165) is 9.79 Å². The van der Waals surface area contributed by atoms with E-state index in [0.29, 0.717) is 5.56 Å². The molecule has 0 fully saturated rings. The van der Waals surface area contributed by atoms with Crippen LogP contribution in [0.15, 0.2) is 26.8 Å². The lowest BCUT2D eigenvalue weighted by atomic mass is 10.1. The van der Waals surface area contributed by atoms with Crippen LogP contribution in [0.4, 0.5) is 0 Å². The van der Waals surface area contributed by atoms with Gasteiger partial charge in [0.05, 0.1) is 6.54 Å². The lowest BCUT2D eigenvalue weighted by Crippen LogP contribution is -2.13. The fraction of sp³-hybridized carbons (Fsp3) is 0.364. The maximum atomic E-state index is 11.6. The molecule has 0 saturated carbocycles. The topological polar surface area (TPSA) is 43.1 Å². The largest absolute Gasteiger partial charge is 0.324 e. The molecule has 16 heavy (non-hydrogen) atoms. The normalized spacial score (nSPS) is 10.5. The number of carbonyl (C=O) groups excluding carboxylic acids is 1. The van der Waals surface area contributed by atoms with Gasteiger partial charge in [0.25, 0.3) is 0 Å². The van der Waals surface area contributed by atoms with Gasteiger partial charge in [0.1, 0.15) is 0 Å². The zero-order chi connectivity index (χ0) is 12.1. The highest BCUT2D eigenvalue weighted by Crippen LogP contribution is 2.37. The second-order valence-electron chi connectivity index (χ2n) is 3.04. The van der Waals surface area contributed by atoms with Crippen LogP contribution in [-0.2, 0) is 0 Å². The molecule has 0 aliphatic carbocycles. The fourth-order valence-corrected chi connectivity index (χ4v) is 4.03. The Morgan fingerprint density at radius 1 is 1.12 bits per heavy atom. The molecule has 0 bridgehead atoms. The molecule has 0 aromatic heterocycles. The molecule has 5 heteroatoms. The predicted octanol–water partition coefficient (Wildman–Crippen LogP) is 2.99. The predicted molar refractivity (Wildman–Crippen MR) is 75.2 cm³/mol. The minimum absolute atomic E-state index is 0.00162. The van der Waals surface area contributed by atoms with E-state index in [2.05, 4.69) is 6.26 Å². The molecule has 0 unspecified atom stereocenters. The SMILES string of the molecule is CSc1cc(C(=O)CN)cc(SC)c1SC. The van der Waals surface area contributed by atoms with E-state index >= 15 is 0 Å². The standard InChI is InChI=1S/C11H15NOS3/c1-14-9-4-7(8(13)6-12)5-10(15-2)11(9)16-3/h4-5H,6,12H2,1-3H3. The van der Waals surface area contributed by atoms with Crippen LogP contribution in [0.1, 0.15) is 10.4 Å². The molecule has 0 atom stereocenters. The van der Waals surface area contributed by atoms with Gasteiger partial charge < -0.3 is 5.73 Å². The zero-order valence-corrected chi connectivity index (χ0v) is 12.0. The third-order valence-corrected chi connectivity index (χ3v) is 4.80. The van der Waals surface area contributed by atoms with Gasteiger partial charge in [0, 0.05) is 20.2 Å². The third kappa shape index (κ3) is 2.97. The Hall–Kier alpha value is -0.100. The summed E-state index contributed by atoms with van der Waals surface area (Å²) in [5.74, 6) is -0.00162. The smallest absolute Gasteiger partial charge is 0.176 e. The van der Waals surface area contributed by atoms with Crippen LogP contribution in [0, 0.1) is 0 Å². The number of ketones is 1. The number of nitrogens with two attached hydrogens (primary N) is 1. The van der Waals surface area contributed by atoms with Crippen molar-refractivity contribution < 1.29 is 4.79 Å². The summed E-state index contributed by atoms with van der Waals surface area (Å²) in [5.41, 5.74) is 6.11. The average molecular weight is 273 g/mol. The van der Waals surface area contributed by atoms with E-state index in [1.165, 1.54) is 4.90 Å². The van der Waals surface area contributed by atoms with Crippen molar-refractivity contribution in [3.8, 4) is 0 Å². The van der Waals surface area contributed by atoms with Crippen molar-refractivity contribution >= 4 is 41.1 Å². The Labute approximate surface area is 109 Å². The van der Waals surface area contributed by atoms with E-state index in [9.17, 15) is 4.79 Å². The van der Waals surface area contributed by atoms with Crippen LogP contribution in [0.5, 0.6) is 0 Å². The summed E-state index contributed by atoms with van der Waals surface area (Å²) in [6, 6.07) is 3.87. The number of benzene rings is 1. The van der Waals surface area contributed by atoms with E-state index < -0.39 is 0 Å². The molecule has 1 rings (SSSR count). The first-order valence-electron chi connectivity index (χ1n) is 4.71. The summed E-state index contributed by atoms with van der Waals surface area (Å²) in [7, 11) is 0. The number of hydrogen-bond acceptors (Lipinski definition) is 5. The van der Waals surface area contributed by atoms with Crippen LogP contribution < -0.4 is 5.73 Å². The molecule has 0 spiro atoms. The van der Waals surface area contributed by atoms with Gasteiger partial charge >= 0.3 is 0 Å². The Morgan fingerprint density at radius 3 is 1.94 bits per heavy atom. The van der Waals surface area contributed by atoms with E-state index in [-0.39, 0.29) is 12.3 Å². The van der Waals surface area contributed by atoms with Crippen molar-refractivity contribution in [1.82, 2.24) is 0 Å². The number of thioether (sulfide) groups is 3. The molecule has 0 heterocycles. The number of rotatable bonds is 5. The molecule has 2 nitrogen and oxygen atoms in total. The van der Waals surface area contributed by atoms with Crippen molar-refractivity contribution in [3.05, 3.63) is 17.7 Å². The van der Waals surface area contributed by atoms with E-state index in [1.54, 1.807) is 35.3 Å². The van der Waals surface area contributed by atoms with Gasteiger partial charge in [0.2, 0.25) is 0 Å². The van der Waals surface area contributed by atoms with Gasteiger partial charge in [-0.2, -0.15) is 0 Å². The number of Topliss-reactive ketones (excluding diaryl/α,β-unsaturated/α-hetero) is 1. The summed E-state index contributed by atoms with van der Waals surface area (Å²) < 4.78 is 0. The van der Waals surface area contributed by atoms with Gasteiger partial charge in [-0.25, -0.2) is 0 Å². The Kier molecular flexibility index (Phi) is 5.75. The second kappa shape index (κ2) is 6.59. The Balaban J connectivity index is 3.31. The summed E-state index contributed by atoms with van der Waals surface area (Å²) in [6.07, 6.45) is 6.10. The van der Waals surface area contributed by atoms with Gasteiger partial charge in [-0.3, -0.25) is 4.79 Å². The van der Waals surface area contributed by atoms with Crippen LogP contribution >= 0.6 is 35.3 Å². The highest BCUT2D eigenvalue weighted by atomic mass is 32.2.